The second-order valence-corrected chi connectivity index (χ2v) is 5.65. The molecule has 2 aromatic carbocycles. The maximum absolute atomic E-state index is 13.2. The van der Waals surface area contributed by atoms with E-state index in [0.717, 1.165) is 4.90 Å². The van der Waals surface area contributed by atoms with Crippen molar-refractivity contribution in [2.45, 2.75) is 13.3 Å². The molecule has 0 atom stereocenters. The lowest BCUT2D eigenvalue weighted by molar-refractivity contribution is -0.136. The fraction of sp³-hybridized carbons (Fsp3) is 0.158. The molecular weight excluding hydrogens is 326 g/mol. The molecule has 0 aromatic heterocycles. The fourth-order valence-electron chi connectivity index (χ4n) is 2.68. The summed E-state index contributed by atoms with van der Waals surface area (Å²) in [6.07, 6.45) is 0.623. The first-order chi connectivity index (χ1) is 12.0. The molecule has 128 valence electrons. The molecule has 0 radical (unpaired) electrons. The van der Waals surface area contributed by atoms with Gasteiger partial charge in [0.15, 0.2) is 0 Å². The average molecular weight is 342 g/mol. The van der Waals surface area contributed by atoms with Gasteiger partial charge in [-0.25, -0.2) is 8.78 Å². The van der Waals surface area contributed by atoms with Crippen LogP contribution in [0.4, 0.5) is 14.5 Å². The van der Waals surface area contributed by atoms with Gasteiger partial charge in [-0.1, -0.05) is 19.1 Å². The van der Waals surface area contributed by atoms with Crippen LogP contribution in [0.2, 0.25) is 0 Å². The molecule has 0 saturated heterocycles. The molecule has 6 heteroatoms. The molecule has 1 N–H and O–H groups in total. The third kappa shape index (κ3) is 3.28. The molecule has 0 saturated carbocycles. The molecular formula is C19H16F2N2O2. The highest BCUT2D eigenvalue weighted by Crippen LogP contribution is 2.30. The van der Waals surface area contributed by atoms with Crippen LogP contribution in [0, 0.1) is 11.6 Å². The summed E-state index contributed by atoms with van der Waals surface area (Å²) in [7, 11) is 0. The second-order valence-electron chi connectivity index (χ2n) is 5.65. The molecule has 2 amide bonds. The van der Waals surface area contributed by atoms with Crippen LogP contribution in [-0.2, 0) is 9.59 Å². The van der Waals surface area contributed by atoms with Crippen LogP contribution in [-0.4, -0.2) is 23.3 Å². The third-order valence-electron chi connectivity index (χ3n) is 3.86. The van der Waals surface area contributed by atoms with E-state index in [2.05, 4.69) is 5.32 Å². The van der Waals surface area contributed by atoms with E-state index in [-0.39, 0.29) is 17.8 Å². The Morgan fingerprint density at radius 1 is 0.880 bits per heavy atom. The number of rotatable bonds is 5. The van der Waals surface area contributed by atoms with Gasteiger partial charge in [0.2, 0.25) is 0 Å². The Hall–Kier alpha value is -3.02. The largest absolute Gasteiger partial charge is 0.350 e. The zero-order valence-electron chi connectivity index (χ0n) is 13.6. The van der Waals surface area contributed by atoms with E-state index in [0.29, 0.717) is 17.7 Å². The number of nitrogens with one attached hydrogen (secondary N) is 1. The molecule has 1 aliphatic rings. The predicted octanol–water partition coefficient (Wildman–Crippen LogP) is 3.57. The minimum Gasteiger partial charge on any atom is -0.350 e. The first-order valence-electron chi connectivity index (χ1n) is 7.90. The summed E-state index contributed by atoms with van der Waals surface area (Å²) in [5.41, 5.74) is 1.22. The summed E-state index contributed by atoms with van der Waals surface area (Å²) < 4.78 is 26.3. The highest BCUT2D eigenvalue weighted by Gasteiger charge is 2.38. The van der Waals surface area contributed by atoms with Gasteiger partial charge in [0.05, 0.1) is 5.57 Å². The van der Waals surface area contributed by atoms with E-state index in [1.165, 1.54) is 48.5 Å². The lowest BCUT2D eigenvalue weighted by atomic mass is 10.0. The number of nitrogens with zero attached hydrogens (tertiary/aromatic N) is 1. The second kappa shape index (κ2) is 6.84. The van der Waals surface area contributed by atoms with Crippen molar-refractivity contribution >= 4 is 23.1 Å². The molecule has 0 spiro atoms. The topological polar surface area (TPSA) is 49.4 Å². The Morgan fingerprint density at radius 2 is 1.44 bits per heavy atom. The maximum atomic E-state index is 13.2. The van der Waals surface area contributed by atoms with Crippen molar-refractivity contribution in [2.24, 2.45) is 0 Å². The molecule has 0 bridgehead atoms. The summed E-state index contributed by atoms with van der Waals surface area (Å²) in [5.74, 6) is -1.71. The van der Waals surface area contributed by atoms with Gasteiger partial charge in [-0.2, -0.15) is 0 Å². The van der Waals surface area contributed by atoms with E-state index in [1.54, 1.807) is 0 Å². The van der Waals surface area contributed by atoms with E-state index in [4.69, 9.17) is 0 Å². The SMILES string of the molecule is CCCN1C(=O)C(Nc2ccc(F)cc2)=C(c2ccc(F)cc2)C1=O. The first-order valence-corrected chi connectivity index (χ1v) is 7.90. The standard InChI is InChI=1S/C19H16F2N2O2/c1-2-11-23-18(24)16(12-3-5-13(20)6-4-12)17(19(23)25)22-15-9-7-14(21)8-10-15/h3-10,22H,2,11H2,1H3. The lowest BCUT2D eigenvalue weighted by Gasteiger charge is -2.13. The Labute approximate surface area is 143 Å². The van der Waals surface area contributed by atoms with Crippen LogP contribution in [0.1, 0.15) is 18.9 Å². The van der Waals surface area contributed by atoms with Crippen molar-refractivity contribution < 1.29 is 18.4 Å². The van der Waals surface area contributed by atoms with Crippen molar-refractivity contribution in [2.75, 3.05) is 11.9 Å². The number of benzene rings is 2. The Balaban J connectivity index is 2.05. The van der Waals surface area contributed by atoms with Crippen molar-refractivity contribution in [3.8, 4) is 0 Å². The molecule has 1 aliphatic heterocycles. The number of hydrogen-bond donors (Lipinski definition) is 1. The van der Waals surface area contributed by atoms with Crippen molar-refractivity contribution in [1.82, 2.24) is 4.90 Å². The van der Waals surface area contributed by atoms with Gasteiger partial charge < -0.3 is 5.32 Å². The zero-order chi connectivity index (χ0) is 18.0. The molecule has 0 aliphatic carbocycles. The van der Waals surface area contributed by atoms with E-state index in [1.807, 2.05) is 6.92 Å². The van der Waals surface area contributed by atoms with E-state index in [9.17, 15) is 18.4 Å². The lowest BCUT2D eigenvalue weighted by Crippen LogP contribution is -2.33. The van der Waals surface area contributed by atoms with Gasteiger partial charge in [-0.05, 0) is 48.4 Å². The smallest absolute Gasteiger partial charge is 0.278 e. The Morgan fingerprint density at radius 3 is 2.00 bits per heavy atom. The number of carbonyl (C=O) groups is 2. The summed E-state index contributed by atoms with van der Waals surface area (Å²) in [6.45, 7) is 2.15. The Bertz CT molecular complexity index is 843. The Kier molecular flexibility index (Phi) is 4.61. The molecule has 0 fully saturated rings. The molecule has 2 aromatic rings. The number of anilines is 1. The monoisotopic (exact) mass is 342 g/mol. The van der Waals surface area contributed by atoms with Gasteiger partial charge >= 0.3 is 0 Å². The van der Waals surface area contributed by atoms with Crippen molar-refractivity contribution in [3.63, 3.8) is 0 Å². The van der Waals surface area contributed by atoms with Gasteiger partial charge in [0.1, 0.15) is 17.3 Å². The number of carbonyl (C=O) groups excluding carboxylic acids is 2. The van der Waals surface area contributed by atoms with Gasteiger partial charge in [-0.3, -0.25) is 14.5 Å². The molecule has 0 unspecified atom stereocenters. The molecule has 3 rings (SSSR count). The number of halogens is 2. The number of imide groups is 1. The van der Waals surface area contributed by atoms with Crippen molar-refractivity contribution in [3.05, 3.63) is 71.4 Å². The van der Waals surface area contributed by atoms with E-state index >= 15 is 0 Å². The summed E-state index contributed by atoms with van der Waals surface area (Å²) in [6, 6.07) is 10.8. The van der Waals surface area contributed by atoms with E-state index < -0.39 is 23.4 Å². The van der Waals surface area contributed by atoms with Gasteiger partial charge in [0.25, 0.3) is 11.8 Å². The number of hydrogen-bond acceptors (Lipinski definition) is 3. The van der Waals surface area contributed by atoms with Crippen LogP contribution in [0.15, 0.2) is 54.2 Å². The van der Waals surface area contributed by atoms with Gasteiger partial charge in [-0.15, -0.1) is 0 Å². The van der Waals surface area contributed by atoms with Crippen LogP contribution in [0.25, 0.3) is 5.57 Å². The van der Waals surface area contributed by atoms with Crippen molar-refractivity contribution in [1.29, 1.82) is 0 Å². The zero-order valence-corrected chi connectivity index (χ0v) is 13.6. The predicted molar refractivity (Wildman–Crippen MR) is 90.4 cm³/mol. The minimum absolute atomic E-state index is 0.108. The normalized spacial score (nSPS) is 14.4. The highest BCUT2D eigenvalue weighted by molar-refractivity contribution is 6.36. The average Bonchev–Trinajstić information content (AvgIpc) is 2.83. The first kappa shape index (κ1) is 16.8. The molecule has 4 nitrogen and oxygen atoms in total. The quantitative estimate of drug-likeness (QED) is 0.845. The molecule has 1 heterocycles. The minimum atomic E-state index is -0.449. The maximum Gasteiger partial charge on any atom is 0.278 e. The molecule has 25 heavy (non-hydrogen) atoms. The van der Waals surface area contributed by atoms with Gasteiger partial charge in [0, 0.05) is 12.2 Å². The van der Waals surface area contributed by atoms with Crippen LogP contribution < -0.4 is 5.32 Å². The van der Waals surface area contributed by atoms with Crippen LogP contribution in [0.5, 0.6) is 0 Å². The summed E-state index contributed by atoms with van der Waals surface area (Å²) in [4.78, 5) is 26.5. The number of amides is 2. The highest BCUT2D eigenvalue weighted by atomic mass is 19.1. The summed E-state index contributed by atoms with van der Waals surface area (Å²) >= 11 is 0. The fourth-order valence-corrected chi connectivity index (χ4v) is 2.68. The summed E-state index contributed by atoms with van der Waals surface area (Å²) in [5, 5.41) is 2.91. The van der Waals surface area contributed by atoms with Crippen LogP contribution >= 0.6 is 0 Å². The third-order valence-corrected chi connectivity index (χ3v) is 3.86. The van der Waals surface area contributed by atoms with Crippen LogP contribution in [0.3, 0.4) is 0 Å².